The normalized spacial score (nSPS) is 17.1. The van der Waals surface area contributed by atoms with Crippen LogP contribution in [-0.2, 0) is 4.74 Å². The van der Waals surface area contributed by atoms with E-state index in [1.807, 2.05) is 6.07 Å². The molecule has 0 atom stereocenters. The first-order valence-corrected chi connectivity index (χ1v) is 5.63. The lowest BCUT2D eigenvalue weighted by Crippen LogP contribution is -2.27. The van der Waals surface area contributed by atoms with E-state index < -0.39 is 6.61 Å². The number of alkyl halides is 2. The van der Waals surface area contributed by atoms with Gasteiger partial charge in [0.15, 0.2) is 0 Å². The Kier molecular flexibility index (Phi) is 4.14. The van der Waals surface area contributed by atoms with Gasteiger partial charge in [-0.3, -0.25) is 0 Å². The summed E-state index contributed by atoms with van der Waals surface area (Å²) in [5.74, 6) is 0.178. The third-order valence-electron chi connectivity index (χ3n) is 2.65. The van der Waals surface area contributed by atoms with Crippen molar-refractivity contribution in [2.75, 3.05) is 18.5 Å². The van der Waals surface area contributed by atoms with Crippen LogP contribution >= 0.6 is 0 Å². The zero-order valence-corrected chi connectivity index (χ0v) is 9.36. The molecule has 0 saturated carbocycles. The average molecular weight is 243 g/mol. The van der Waals surface area contributed by atoms with Crippen LogP contribution in [0.4, 0.5) is 14.5 Å². The third kappa shape index (κ3) is 3.85. The minimum atomic E-state index is -2.78. The van der Waals surface area contributed by atoms with Crippen molar-refractivity contribution in [1.29, 1.82) is 0 Å². The van der Waals surface area contributed by atoms with E-state index in [2.05, 4.69) is 10.1 Å². The maximum atomic E-state index is 12.1. The fraction of sp³-hybridized carbons (Fsp3) is 0.500. The molecule has 94 valence electrons. The van der Waals surface area contributed by atoms with Crippen LogP contribution in [0.5, 0.6) is 5.75 Å². The van der Waals surface area contributed by atoms with Crippen molar-refractivity contribution < 1.29 is 18.3 Å². The summed E-state index contributed by atoms with van der Waals surface area (Å²) >= 11 is 0. The van der Waals surface area contributed by atoms with E-state index in [-0.39, 0.29) is 5.75 Å². The van der Waals surface area contributed by atoms with Gasteiger partial charge in [-0.2, -0.15) is 8.78 Å². The lowest BCUT2D eigenvalue weighted by molar-refractivity contribution is -0.0498. The molecule has 1 fully saturated rings. The summed E-state index contributed by atoms with van der Waals surface area (Å²) in [6, 6.07) is 6.97. The highest BCUT2D eigenvalue weighted by molar-refractivity contribution is 5.48. The molecule has 1 aliphatic rings. The summed E-state index contributed by atoms with van der Waals surface area (Å²) in [6.07, 6.45) is 1.86. The molecule has 0 bridgehead atoms. The molecular weight excluding hydrogens is 228 g/mol. The smallest absolute Gasteiger partial charge is 0.387 e. The lowest BCUT2D eigenvalue weighted by Gasteiger charge is -2.24. The molecule has 0 spiro atoms. The van der Waals surface area contributed by atoms with Crippen LogP contribution in [0.2, 0.25) is 0 Å². The van der Waals surface area contributed by atoms with Gasteiger partial charge in [-0.1, -0.05) is 6.07 Å². The van der Waals surface area contributed by atoms with Gasteiger partial charge in [-0.25, -0.2) is 0 Å². The number of nitrogens with one attached hydrogen (secondary N) is 1. The molecule has 1 heterocycles. The molecule has 1 saturated heterocycles. The molecule has 5 heteroatoms. The van der Waals surface area contributed by atoms with Crippen LogP contribution in [0.3, 0.4) is 0 Å². The van der Waals surface area contributed by atoms with Gasteiger partial charge < -0.3 is 14.8 Å². The van der Waals surface area contributed by atoms with Gasteiger partial charge in [0.05, 0.1) is 0 Å². The van der Waals surface area contributed by atoms with E-state index in [1.165, 1.54) is 6.07 Å². The maximum Gasteiger partial charge on any atom is 0.387 e. The van der Waals surface area contributed by atoms with Gasteiger partial charge in [-0.05, 0) is 25.0 Å². The Balaban J connectivity index is 1.95. The van der Waals surface area contributed by atoms with Gasteiger partial charge in [-0.15, -0.1) is 0 Å². The number of benzene rings is 1. The second kappa shape index (κ2) is 5.82. The molecule has 1 N–H and O–H groups in total. The molecule has 0 amide bonds. The van der Waals surface area contributed by atoms with Crippen molar-refractivity contribution in [2.45, 2.75) is 25.5 Å². The number of hydrogen-bond acceptors (Lipinski definition) is 3. The van der Waals surface area contributed by atoms with Gasteiger partial charge in [0, 0.05) is 31.0 Å². The first-order chi connectivity index (χ1) is 8.24. The predicted molar refractivity (Wildman–Crippen MR) is 60.5 cm³/mol. The highest BCUT2D eigenvalue weighted by atomic mass is 19.3. The van der Waals surface area contributed by atoms with Crippen molar-refractivity contribution in [1.82, 2.24) is 0 Å². The second-order valence-electron chi connectivity index (χ2n) is 3.94. The quantitative estimate of drug-likeness (QED) is 0.882. The van der Waals surface area contributed by atoms with Crippen molar-refractivity contribution in [2.24, 2.45) is 0 Å². The molecule has 3 nitrogen and oxygen atoms in total. The Morgan fingerprint density at radius 3 is 2.76 bits per heavy atom. The molecule has 1 aromatic rings. The summed E-state index contributed by atoms with van der Waals surface area (Å²) in [5, 5.41) is 3.29. The first-order valence-electron chi connectivity index (χ1n) is 5.63. The monoisotopic (exact) mass is 243 g/mol. The highest BCUT2D eigenvalue weighted by Gasteiger charge is 2.13. The van der Waals surface area contributed by atoms with Gasteiger partial charge in [0.25, 0.3) is 0 Å². The van der Waals surface area contributed by atoms with Crippen LogP contribution in [0.1, 0.15) is 12.8 Å². The molecule has 17 heavy (non-hydrogen) atoms. The molecule has 0 radical (unpaired) electrons. The summed E-state index contributed by atoms with van der Waals surface area (Å²) in [7, 11) is 0. The number of halogens is 2. The molecular formula is C12H15F2NO2. The van der Waals surface area contributed by atoms with Gasteiger partial charge >= 0.3 is 6.61 Å². The minimum Gasteiger partial charge on any atom is -0.435 e. The third-order valence-corrected chi connectivity index (χ3v) is 2.65. The Hall–Kier alpha value is -1.36. The summed E-state index contributed by atoms with van der Waals surface area (Å²) in [6.45, 7) is -1.30. The number of anilines is 1. The number of hydrogen-bond donors (Lipinski definition) is 1. The number of ether oxygens (including phenoxy) is 2. The van der Waals surface area contributed by atoms with E-state index in [0.717, 1.165) is 31.7 Å². The molecule has 0 aromatic heterocycles. The average Bonchev–Trinajstić information content (AvgIpc) is 2.30. The van der Waals surface area contributed by atoms with Crippen LogP contribution in [0.25, 0.3) is 0 Å². The highest BCUT2D eigenvalue weighted by Crippen LogP contribution is 2.21. The minimum absolute atomic E-state index is 0.178. The van der Waals surface area contributed by atoms with Crippen molar-refractivity contribution in [3.63, 3.8) is 0 Å². The first kappa shape index (κ1) is 12.1. The van der Waals surface area contributed by atoms with E-state index in [1.54, 1.807) is 12.1 Å². The topological polar surface area (TPSA) is 30.5 Å². The zero-order valence-electron chi connectivity index (χ0n) is 9.36. The predicted octanol–water partition coefficient (Wildman–Crippen LogP) is 2.88. The van der Waals surface area contributed by atoms with E-state index >= 15 is 0 Å². The fourth-order valence-corrected chi connectivity index (χ4v) is 1.84. The lowest BCUT2D eigenvalue weighted by atomic mass is 10.1. The molecule has 1 aromatic carbocycles. The van der Waals surface area contributed by atoms with Crippen LogP contribution in [0, 0.1) is 0 Å². The van der Waals surface area contributed by atoms with E-state index in [0.29, 0.717) is 6.04 Å². The Morgan fingerprint density at radius 1 is 1.29 bits per heavy atom. The second-order valence-corrected chi connectivity index (χ2v) is 3.94. The SMILES string of the molecule is FC(F)Oc1cccc(NC2CCOCC2)c1. The Labute approximate surface area is 98.7 Å². The van der Waals surface area contributed by atoms with Crippen LogP contribution < -0.4 is 10.1 Å². The molecule has 1 aliphatic heterocycles. The number of rotatable bonds is 4. The zero-order chi connectivity index (χ0) is 12.1. The molecule has 0 unspecified atom stereocenters. The van der Waals surface area contributed by atoms with E-state index in [4.69, 9.17) is 4.74 Å². The summed E-state index contributed by atoms with van der Waals surface area (Å²) in [4.78, 5) is 0. The van der Waals surface area contributed by atoms with E-state index in [9.17, 15) is 8.78 Å². The Bertz CT molecular complexity index is 354. The summed E-state index contributed by atoms with van der Waals surface area (Å²) < 4.78 is 33.7. The standard InChI is InChI=1S/C12H15F2NO2/c13-12(14)17-11-3-1-2-10(8-11)15-9-4-6-16-7-5-9/h1-3,8-9,12,15H,4-7H2. The van der Waals surface area contributed by atoms with Crippen molar-refractivity contribution >= 4 is 5.69 Å². The summed E-state index contributed by atoms with van der Waals surface area (Å²) in [5.41, 5.74) is 0.801. The largest absolute Gasteiger partial charge is 0.435 e. The fourth-order valence-electron chi connectivity index (χ4n) is 1.84. The van der Waals surface area contributed by atoms with Crippen LogP contribution in [-0.4, -0.2) is 25.9 Å². The molecule has 2 rings (SSSR count). The van der Waals surface area contributed by atoms with Crippen molar-refractivity contribution in [3.05, 3.63) is 24.3 Å². The van der Waals surface area contributed by atoms with Crippen LogP contribution in [0.15, 0.2) is 24.3 Å². The van der Waals surface area contributed by atoms with Gasteiger partial charge in [0.1, 0.15) is 5.75 Å². The van der Waals surface area contributed by atoms with Gasteiger partial charge in [0.2, 0.25) is 0 Å². The van der Waals surface area contributed by atoms with Crippen molar-refractivity contribution in [3.8, 4) is 5.75 Å². The maximum absolute atomic E-state index is 12.1. The molecule has 0 aliphatic carbocycles. The Morgan fingerprint density at radius 2 is 2.06 bits per heavy atom.